The van der Waals surface area contributed by atoms with E-state index >= 15 is 0 Å². The minimum atomic E-state index is -0.328. The molecule has 10 nitrogen and oxygen atoms in total. The van der Waals surface area contributed by atoms with Crippen LogP contribution in [0.25, 0.3) is 16.8 Å². The molecule has 1 saturated heterocycles. The number of fused-ring (bicyclic) bond motifs is 1. The second kappa shape index (κ2) is 11.4. The minimum absolute atomic E-state index is 0.00645. The zero-order valence-electron chi connectivity index (χ0n) is 22.1. The van der Waals surface area contributed by atoms with E-state index in [1.54, 1.807) is 49.2 Å². The van der Waals surface area contributed by atoms with E-state index in [2.05, 4.69) is 20.3 Å². The Labute approximate surface area is 227 Å². The molecule has 1 unspecified atom stereocenters. The van der Waals surface area contributed by atoms with Gasteiger partial charge in [0.25, 0.3) is 5.91 Å². The van der Waals surface area contributed by atoms with Crippen LogP contribution in [0.15, 0.2) is 73.5 Å². The maximum absolute atomic E-state index is 13.2. The Kier molecular flexibility index (Phi) is 7.64. The average molecular weight is 525 g/mol. The normalized spacial score (nSPS) is 14.7. The van der Waals surface area contributed by atoms with Crippen molar-refractivity contribution in [2.45, 2.75) is 25.3 Å². The molecule has 1 aliphatic rings. The number of carbonyl (C=O) groups excluding carboxylic acids is 2. The Bertz CT molecular complexity index is 1510. The Balaban J connectivity index is 1.58. The first-order valence-corrected chi connectivity index (χ1v) is 13.0. The number of likely N-dealkylation sites (tertiary alicyclic amines) is 1. The van der Waals surface area contributed by atoms with Crippen molar-refractivity contribution in [3.8, 4) is 11.3 Å². The van der Waals surface area contributed by atoms with Gasteiger partial charge in [0.1, 0.15) is 29.2 Å². The third-order valence-electron chi connectivity index (χ3n) is 6.92. The van der Waals surface area contributed by atoms with E-state index in [4.69, 9.17) is 5.73 Å². The molecule has 0 spiro atoms. The summed E-state index contributed by atoms with van der Waals surface area (Å²) >= 11 is 0. The lowest BCUT2D eigenvalue weighted by molar-refractivity contribution is -0.126. The van der Waals surface area contributed by atoms with Gasteiger partial charge in [-0.1, -0.05) is 18.2 Å². The molecule has 1 aliphatic heterocycles. The van der Waals surface area contributed by atoms with Crippen molar-refractivity contribution in [3.63, 3.8) is 0 Å². The molecular weight excluding hydrogens is 492 g/mol. The van der Waals surface area contributed by atoms with Crippen LogP contribution in [0.1, 0.15) is 41.2 Å². The fraction of sp³-hybridized carbons (Fsp3) is 0.276. The van der Waals surface area contributed by atoms with Crippen molar-refractivity contribution in [1.29, 1.82) is 0 Å². The summed E-state index contributed by atoms with van der Waals surface area (Å²) in [6.07, 6.45) is 13.5. The van der Waals surface area contributed by atoms with Crippen LogP contribution in [0.3, 0.4) is 0 Å². The van der Waals surface area contributed by atoms with Crippen LogP contribution in [-0.4, -0.2) is 68.2 Å². The van der Waals surface area contributed by atoms with Crippen LogP contribution in [0.2, 0.25) is 0 Å². The van der Waals surface area contributed by atoms with Gasteiger partial charge in [0, 0.05) is 48.9 Å². The van der Waals surface area contributed by atoms with Gasteiger partial charge in [0.2, 0.25) is 5.91 Å². The smallest absolute Gasteiger partial charge is 0.256 e. The number of pyridine rings is 1. The van der Waals surface area contributed by atoms with E-state index in [9.17, 15) is 9.59 Å². The number of aromatic nitrogens is 4. The predicted molar refractivity (Wildman–Crippen MR) is 151 cm³/mol. The van der Waals surface area contributed by atoms with Gasteiger partial charge in [-0.3, -0.25) is 14.5 Å². The van der Waals surface area contributed by atoms with Gasteiger partial charge in [0.15, 0.2) is 0 Å². The van der Waals surface area contributed by atoms with Gasteiger partial charge >= 0.3 is 0 Å². The number of carbonyl (C=O) groups is 2. The molecule has 1 aromatic carbocycles. The molecule has 1 fully saturated rings. The van der Waals surface area contributed by atoms with Gasteiger partial charge in [-0.15, -0.1) is 0 Å². The molecule has 0 radical (unpaired) electrons. The van der Waals surface area contributed by atoms with Crippen molar-refractivity contribution in [2.24, 2.45) is 0 Å². The number of nitrogen functional groups attached to an aromatic ring is 1. The first-order chi connectivity index (χ1) is 18.9. The summed E-state index contributed by atoms with van der Waals surface area (Å²) in [4.78, 5) is 43.2. The zero-order chi connectivity index (χ0) is 27.4. The highest BCUT2D eigenvalue weighted by atomic mass is 16.2. The van der Waals surface area contributed by atoms with Crippen LogP contribution in [0.4, 0.5) is 11.6 Å². The molecule has 5 rings (SSSR count). The molecule has 39 heavy (non-hydrogen) atoms. The quantitative estimate of drug-likeness (QED) is 0.353. The molecular formula is C29H32N8O2. The van der Waals surface area contributed by atoms with Crippen LogP contribution in [0, 0.1) is 0 Å². The second-order valence-corrected chi connectivity index (χ2v) is 9.79. The average Bonchev–Trinajstić information content (AvgIpc) is 3.39. The lowest BCUT2D eigenvalue weighted by Gasteiger charge is -2.27. The Morgan fingerprint density at radius 3 is 2.62 bits per heavy atom. The molecule has 0 bridgehead atoms. The van der Waals surface area contributed by atoms with Crippen molar-refractivity contribution >= 4 is 29.0 Å². The molecule has 2 amide bonds. The standard InChI is InChI=1S/C29H32N8O2/c1-35(2)23(11-12-25(38)36-15-6-3-7-16-36)22-18-20(29(39)34-24-8-4-5-13-31-24)9-10-21(22)26-27-28(30)32-14-17-37(27)19-33-26/h4-5,8-14,17-19,23H,3,6-7,15-16H2,1-2H3,(H2,30,32)(H,31,34,39)/b12-11+. The fourth-order valence-electron chi connectivity index (χ4n) is 4.91. The van der Waals surface area contributed by atoms with Crippen molar-refractivity contribution in [1.82, 2.24) is 29.2 Å². The summed E-state index contributed by atoms with van der Waals surface area (Å²) in [5.74, 6) is 0.518. The molecule has 10 heteroatoms. The lowest BCUT2D eigenvalue weighted by Crippen LogP contribution is -2.34. The number of benzene rings is 1. The third-order valence-corrected chi connectivity index (χ3v) is 6.92. The summed E-state index contributed by atoms with van der Waals surface area (Å²) in [5.41, 5.74) is 9.63. The van der Waals surface area contributed by atoms with E-state index in [0.29, 0.717) is 28.4 Å². The minimum Gasteiger partial charge on any atom is -0.382 e. The van der Waals surface area contributed by atoms with E-state index in [1.807, 2.05) is 52.6 Å². The first kappa shape index (κ1) is 26.1. The van der Waals surface area contributed by atoms with E-state index in [-0.39, 0.29) is 17.9 Å². The number of hydrogen-bond donors (Lipinski definition) is 2. The van der Waals surface area contributed by atoms with Crippen LogP contribution < -0.4 is 11.1 Å². The summed E-state index contributed by atoms with van der Waals surface area (Å²) < 4.78 is 1.82. The Hall–Kier alpha value is -4.57. The molecule has 200 valence electrons. The molecule has 4 heterocycles. The number of amides is 2. The van der Waals surface area contributed by atoms with E-state index in [0.717, 1.165) is 43.5 Å². The van der Waals surface area contributed by atoms with Crippen molar-refractivity contribution in [3.05, 3.63) is 84.6 Å². The SMILES string of the molecule is CN(C)C(/C=C/C(=O)N1CCCCC1)c1cc(C(=O)Nc2ccccn2)ccc1-c1ncn2ccnc(N)c12. The van der Waals surface area contributed by atoms with Crippen molar-refractivity contribution < 1.29 is 9.59 Å². The topological polar surface area (TPSA) is 122 Å². The summed E-state index contributed by atoms with van der Waals surface area (Å²) in [6, 6.07) is 10.5. The Morgan fingerprint density at radius 1 is 1.05 bits per heavy atom. The number of nitrogens with one attached hydrogen (secondary N) is 1. The zero-order valence-corrected chi connectivity index (χ0v) is 22.1. The summed E-state index contributed by atoms with van der Waals surface area (Å²) in [6.45, 7) is 1.55. The third kappa shape index (κ3) is 5.65. The maximum atomic E-state index is 13.2. The number of anilines is 2. The number of nitrogens with zero attached hydrogens (tertiary/aromatic N) is 6. The van der Waals surface area contributed by atoms with E-state index in [1.165, 1.54) is 0 Å². The number of hydrogen-bond acceptors (Lipinski definition) is 7. The number of likely N-dealkylation sites (N-methyl/N-ethyl adjacent to an activating group) is 1. The van der Waals surface area contributed by atoms with Gasteiger partial charge in [-0.2, -0.15) is 0 Å². The van der Waals surface area contributed by atoms with Crippen molar-refractivity contribution in [2.75, 3.05) is 38.2 Å². The van der Waals surface area contributed by atoms with Gasteiger partial charge in [-0.05, 0) is 63.2 Å². The first-order valence-electron chi connectivity index (χ1n) is 13.0. The van der Waals surface area contributed by atoms with Crippen LogP contribution in [0.5, 0.6) is 0 Å². The monoisotopic (exact) mass is 524 g/mol. The fourth-order valence-corrected chi connectivity index (χ4v) is 4.91. The number of imidazole rings is 1. The summed E-state index contributed by atoms with van der Waals surface area (Å²) in [7, 11) is 3.87. The van der Waals surface area contributed by atoms with Crippen LogP contribution in [-0.2, 0) is 4.79 Å². The van der Waals surface area contributed by atoms with Crippen LogP contribution >= 0.6 is 0 Å². The highest BCUT2D eigenvalue weighted by molar-refractivity contribution is 6.04. The number of rotatable bonds is 7. The predicted octanol–water partition coefficient (Wildman–Crippen LogP) is 3.80. The highest BCUT2D eigenvalue weighted by Crippen LogP contribution is 2.35. The maximum Gasteiger partial charge on any atom is 0.256 e. The number of nitrogens with two attached hydrogens (primary N) is 1. The van der Waals surface area contributed by atoms with Gasteiger partial charge < -0.3 is 20.4 Å². The lowest BCUT2D eigenvalue weighted by atomic mass is 9.93. The number of piperidine rings is 1. The molecule has 4 aromatic rings. The molecule has 3 N–H and O–H groups in total. The summed E-state index contributed by atoms with van der Waals surface area (Å²) in [5, 5.41) is 2.85. The molecule has 1 atom stereocenters. The van der Waals surface area contributed by atoms with E-state index < -0.39 is 0 Å². The van der Waals surface area contributed by atoms with Gasteiger partial charge in [0.05, 0.1) is 6.04 Å². The van der Waals surface area contributed by atoms with Gasteiger partial charge in [-0.25, -0.2) is 15.0 Å². The largest absolute Gasteiger partial charge is 0.382 e. The molecule has 0 saturated carbocycles. The highest BCUT2D eigenvalue weighted by Gasteiger charge is 2.23. The molecule has 0 aliphatic carbocycles. The second-order valence-electron chi connectivity index (χ2n) is 9.79. The Morgan fingerprint density at radius 2 is 1.87 bits per heavy atom. The molecule has 3 aromatic heterocycles.